The summed E-state index contributed by atoms with van der Waals surface area (Å²) in [5, 5.41) is 9.29. The molecule has 0 heterocycles. The number of carboxylic acid groups (broad SMARTS) is 1. The molecule has 0 aromatic heterocycles. The lowest BCUT2D eigenvalue weighted by Crippen LogP contribution is -2.02. The minimum atomic E-state index is -1.27. The largest absolute Gasteiger partial charge is 0.478 e. The van der Waals surface area contributed by atoms with Crippen molar-refractivity contribution in [3.05, 3.63) is 58.4 Å². The second-order valence-electron chi connectivity index (χ2n) is 3.96. The summed E-state index contributed by atoms with van der Waals surface area (Å²) in [7, 11) is 0. The van der Waals surface area contributed by atoms with Gasteiger partial charge in [0, 0.05) is 0 Å². The van der Waals surface area contributed by atoms with Crippen LogP contribution in [0, 0.1) is 12.7 Å². The Kier molecular flexibility index (Phi) is 3.71. The molecule has 5 heteroatoms. The van der Waals surface area contributed by atoms with Crippen LogP contribution in [0.1, 0.15) is 15.9 Å². The molecule has 19 heavy (non-hydrogen) atoms. The van der Waals surface area contributed by atoms with E-state index < -0.39 is 11.8 Å². The number of hydrogen-bond donors (Lipinski definition) is 1. The molecule has 0 aliphatic heterocycles. The maximum absolute atomic E-state index is 13.7. The molecular weight excluding hydrogens is 271 g/mol. The van der Waals surface area contributed by atoms with Crippen LogP contribution < -0.4 is 4.74 Å². The first-order valence-electron chi connectivity index (χ1n) is 5.45. The van der Waals surface area contributed by atoms with Crippen LogP contribution in [-0.4, -0.2) is 11.1 Å². The summed E-state index contributed by atoms with van der Waals surface area (Å²) in [6, 6.07) is 8.66. The van der Waals surface area contributed by atoms with Crippen molar-refractivity contribution in [2.24, 2.45) is 0 Å². The SMILES string of the molecule is Cc1ccc(Oc2c(F)cccc2C(=O)O)c(Cl)c1. The fraction of sp³-hybridized carbons (Fsp3) is 0.0714. The zero-order chi connectivity index (χ0) is 14.0. The predicted molar refractivity (Wildman–Crippen MR) is 69.6 cm³/mol. The summed E-state index contributed by atoms with van der Waals surface area (Å²) >= 11 is 5.97. The first kappa shape index (κ1) is 13.4. The molecule has 0 aliphatic rings. The van der Waals surface area contributed by atoms with E-state index in [1.54, 1.807) is 18.2 Å². The zero-order valence-electron chi connectivity index (χ0n) is 9.98. The van der Waals surface area contributed by atoms with Gasteiger partial charge >= 0.3 is 5.97 Å². The van der Waals surface area contributed by atoms with Gasteiger partial charge in [0.1, 0.15) is 11.3 Å². The van der Waals surface area contributed by atoms with Crippen molar-refractivity contribution < 1.29 is 19.0 Å². The number of carbonyl (C=O) groups is 1. The molecule has 0 radical (unpaired) electrons. The molecule has 0 fully saturated rings. The highest BCUT2D eigenvalue weighted by Crippen LogP contribution is 2.33. The maximum Gasteiger partial charge on any atom is 0.339 e. The number of para-hydroxylation sites is 1. The van der Waals surface area contributed by atoms with Gasteiger partial charge in [-0.3, -0.25) is 0 Å². The minimum Gasteiger partial charge on any atom is -0.478 e. The van der Waals surface area contributed by atoms with Gasteiger partial charge in [0.25, 0.3) is 0 Å². The number of rotatable bonds is 3. The fourth-order valence-corrected chi connectivity index (χ4v) is 1.85. The Morgan fingerprint density at radius 3 is 2.68 bits per heavy atom. The van der Waals surface area contributed by atoms with Crippen molar-refractivity contribution in [2.45, 2.75) is 6.92 Å². The molecule has 0 amide bonds. The van der Waals surface area contributed by atoms with Gasteiger partial charge in [-0.05, 0) is 36.8 Å². The van der Waals surface area contributed by atoms with Crippen LogP contribution in [0.2, 0.25) is 5.02 Å². The minimum absolute atomic E-state index is 0.208. The molecule has 2 aromatic rings. The van der Waals surface area contributed by atoms with E-state index in [9.17, 15) is 9.18 Å². The second-order valence-corrected chi connectivity index (χ2v) is 4.36. The molecule has 0 saturated heterocycles. The van der Waals surface area contributed by atoms with Crippen LogP contribution in [0.4, 0.5) is 4.39 Å². The number of aromatic carboxylic acids is 1. The first-order chi connectivity index (χ1) is 8.99. The highest BCUT2D eigenvalue weighted by atomic mass is 35.5. The summed E-state index contributed by atoms with van der Waals surface area (Å²) < 4.78 is 19.0. The average Bonchev–Trinajstić information content (AvgIpc) is 2.34. The van der Waals surface area contributed by atoms with Crippen LogP contribution in [0.15, 0.2) is 36.4 Å². The van der Waals surface area contributed by atoms with Gasteiger partial charge in [0.15, 0.2) is 11.6 Å². The van der Waals surface area contributed by atoms with Crippen molar-refractivity contribution in [2.75, 3.05) is 0 Å². The Bertz CT molecular complexity index is 641. The average molecular weight is 281 g/mol. The molecule has 0 unspecified atom stereocenters. The van der Waals surface area contributed by atoms with Crippen LogP contribution in [0.25, 0.3) is 0 Å². The standard InChI is InChI=1S/C14H10ClFO3/c1-8-5-6-12(10(15)7-8)19-13-9(14(17)18)3-2-4-11(13)16/h2-7H,1H3,(H,17,18). The maximum atomic E-state index is 13.7. The lowest BCUT2D eigenvalue weighted by Gasteiger charge is -2.11. The molecule has 2 aromatic carbocycles. The van der Waals surface area contributed by atoms with Crippen molar-refractivity contribution in [3.63, 3.8) is 0 Å². The lowest BCUT2D eigenvalue weighted by molar-refractivity contribution is 0.0693. The molecule has 0 aliphatic carbocycles. The van der Waals surface area contributed by atoms with Gasteiger partial charge in [-0.25, -0.2) is 9.18 Å². The Hall–Kier alpha value is -2.07. The number of hydrogen-bond acceptors (Lipinski definition) is 2. The number of carboxylic acids is 1. The molecule has 0 atom stereocenters. The Balaban J connectivity index is 2.46. The van der Waals surface area contributed by atoms with Crippen LogP contribution in [0.5, 0.6) is 11.5 Å². The molecule has 2 rings (SSSR count). The van der Waals surface area contributed by atoms with Crippen molar-refractivity contribution in [3.8, 4) is 11.5 Å². The number of aryl methyl sites for hydroxylation is 1. The van der Waals surface area contributed by atoms with E-state index in [0.29, 0.717) is 5.02 Å². The third kappa shape index (κ3) is 2.85. The smallest absolute Gasteiger partial charge is 0.339 e. The summed E-state index contributed by atoms with van der Waals surface area (Å²) in [4.78, 5) is 11.0. The van der Waals surface area contributed by atoms with E-state index in [4.69, 9.17) is 21.4 Å². The number of halogens is 2. The topological polar surface area (TPSA) is 46.5 Å². The quantitative estimate of drug-likeness (QED) is 0.913. The Morgan fingerprint density at radius 2 is 2.05 bits per heavy atom. The van der Waals surface area contributed by atoms with E-state index in [-0.39, 0.29) is 17.1 Å². The molecule has 98 valence electrons. The Morgan fingerprint density at radius 1 is 1.32 bits per heavy atom. The van der Waals surface area contributed by atoms with Crippen molar-refractivity contribution in [1.82, 2.24) is 0 Å². The molecular formula is C14H10ClFO3. The molecule has 0 spiro atoms. The van der Waals surface area contributed by atoms with Crippen molar-refractivity contribution in [1.29, 1.82) is 0 Å². The predicted octanol–water partition coefficient (Wildman–Crippen LogP) is 4.28. The van der Waals surface area contributed by atoms with Gasteiger partial charge in [0.2, 0.25) is 0 Å². The molecule has 0 bridgehead atoms. The van der Waals surface area contributed by atoms with E-state index >= 15 is 0 Å². The van der Waals surface area contributed by atoms with Gasteiger partial charge in [0.05, 0.1) is 5.02 Å². The molecule has 1 N–H and O–H groups in total. The summed E-state index contributed by atoms with van der Waals surface area (Å²) in [6.45, 7) is 1.85. The van der Waals surface area contributed by atoms with Gasteiger partial charge in [-0.2, -0.15) is 0 Å². The summed E-state index contributed by atoms with van der Waals surface area (Å²) in [5.74, 6) is -2.16. The fourth-order valence-electron chi connectivity index (χ4n) is 1.58. The Labute approximate surface area is 114 Å². The van der Waals surface area contributed by atoms with E-state index in [2.05, 4.69) is 0 Å². The van der Waals surface area contributed by atoms with Crippen LogP contribution in [0.3, 0.4) is 0 Å². The number of ether oxygens (including phenoxy) is 1. The first-order valence-corrected chi connectivity index (χ1v) is 5.82. The third-order valence-corrected chi connectivity index (χ3v) is 2.79. The zero-order valence-corrected chi connectivity index (χ0v) is 10.7. The summed E-state index contributed by atoms with van der Waals surface area (Å²) in [5.41, 5.74) is 0.668. The van der Waals surface area contributed by atoms with Gasteiger partial charge in [-0.15, -0.1) is 0 Å². The third-order valence-electron chi connectivity index (χ3n) is 2.50. The second kappa shape index (κ2) is 5.28. The van der Waals surface area contributed by atoms with Crippen molar-refractivity contribution >= 4 is 17.6 Å². The lowest BCUT2D eigenvalue weighted by atomic mass is 10.2. The highest BCUT2D eigenvalue weighted by Gasteiger charge is 2.17. The molecule has 0 saturated carbocycles. The number of benzene rings is 2. The van der Waals surface area contributed by atoms with E-state index in [1.807, 2.05) is 6.92 Å². The van der Waals surface area contributed by atoms with Crippen LogP contribution in [-0.2, 0) is 0 Å². The highest BCUT2D eigenvalue weighted by molar-refractivity contribution is 6.32. The molecule has 3 nitrogen and oxygen atoms in total. The summed E-state index contributed by atoms with van der Waals surface area (Å²) in [6.07, 6.45) is 0. The monoisotopic (exact) mass is 280 g/mol. The van der Waals surface area contributed by atoms with E-state index in [0.717, 1.165) is 11.6 Å². The van der Waals surface area contributed by atoms with Crippen LogP contribution >= 0.6 is 11.6 Å². The van der Waals surface area contributed by atoms with Gasteiger partial charge < -0.3 is 9.84 Å². The normalized spacial score (nSPS) is 10.3. The van der Waals surface area contributed by atoms with E-state index in [1.165, 1.54) is 12.1 Å². The van der Waals surface area contributed by atoms with Gasteiger partial charge in [-0.1, -0.05) is 23.7 Å².